The van der Waals surface area contributed by atoms with Crippen LogP contribution in [0.4, 0.5) is 0 Å². The van der Waals surface area contributed by atoms with Gasteiger partial charge in [-0.1, -0.05) is 8.93 Å². The van der Waals surface area contributed by atoms with Crippen molar-refractivity contribution >= 4 is 17.3 Å². The van der Waals surface area contributed by atoms with Crippen molar-refractivity contribution in [2.75, 3.05) is 13.1 Å². The average Bonchev–Trinajstić information content (AvgIpc) is 1.82. The zero-order chi connectivity index (χ0) is 7.28. The maximum Gasteiger partial charge on any atom is 2.00 e. The molecule has 0 heterocycles. The van der Waals surface area contributed by atoms with Gasteiger partial charge in [0.1, 0.15) is 0 Å². The summed E-state index contributed by atoms with van der Waals surface area (Å²) in [5, 5.41) is 8.91. The largest absolute Gasteiger partial charge is 2.00 e. The zero-order valence-electron chi connectivity index (χ0n) is 6.08. The van der Waals surface area contributed by atoms with Gasteiger partial charge in [0.15, 0.2) is 0 Å². The summed E-state index contributed by atoms with van der Waals surface area (Å²) in [5.74, 6) is 0. The second-order valence-corrected chi connectivity index (χ2v) is 3.59. The fourth-order valence-electron chi connectivity index (χ4n) is 0.527. The molecule has 0 amide bonds. The van der Waals surface area contributed by atoms with Crippen molar-refractivity contribution in [2.24, 2.45) is 0 Å². The first-order valence-corrected chi connectivity index (χ1v) is 5.65. The van der Waals surface area contributed by atoms with Gasteiger partial charge in [0.2, 0.25) is 0 Å². The van der Waals surface area contributed by atoms with Crippen LogP contribution in [0.2, 0.25) is 0 Å². The number of aliphatic hydroxyl groups is 1. The van der Waals surface area contributed by atoms with Crippen LogP contribution in [-0.4, -0.2) is 29.0 Å². The molecule has 0 aliphatic carbocycles. The maximum absolute atomic E-state index is 8.91. The van der Waals surface area contributed by atoms with Crippen molar-refractivity contribution in [3.63, 3.8) is 0 Å². The summed E-state index contributed by atoms with van der Waals surface area (Å²) in [6, 6.07) is 0. The first kappa shape index (κ1) is 14.0. The van der Waals surface area contributed by atoms with E-state index in [2.05, 4.69) is 20.5 Å². The Morgan fingerprint density at radius 2 is 2.30 bits per heavy atom. The zero-order valence-corrected chi connectivity index (χ0v) is 11.2. The Morgan fingerprint density at radius 1 is 1.80 bits per heavy atom. The average molecular weight is 350 g/mol. The van der Waals surface area contributed by atoms with Gasteiger partial charge in [-0.3, -0.25) is 0 Å². The van der Waals surface area contributed by atoms with Crippen molar-refractivity contribution in [2.45, 2.75) is 13.0 Å². The van der Waals surface area contributed by atoms with E-state index in [9.17, 15) is 0 Å². The van der Waals surface area contributed by atoms with Gasteiger partial charge in [-0.05, 0) is 15.3 Å². The summed E-state index contributed by atoms with van der Waals surface area (Å²) >= 11 is 0. The molecule has 3 atom stereocenters. The van der Waals surface area contributed by atoms with Crippen molar-refractivity contribution in [1.29, 1.82) is 0 Å². The van der Waals surface area contributed by atoms with E-state index < -0.39 is 0 Å². The number of hydrogen-bond acceptors (Lipinski definition) is 2. The van der Waals surface area contributed by atoms with E-state index in [1.165, 1.54) is 0 Å². The van der Waals surface area contributed by atoms with Gasteiger partial charge < -0.3 is 16.7 Å². The fourth-order valence-corrected chi connectivity index (χ4v) is 1.73. The molecule has 60 valence electrons. The Bertz CT molecular complexity index is 70.7. The number of hydrogen-bond donors (Lipinski definition) is 1. The quantitative estimate of drug-likeness (QED) is 0.602. The first-order chi connectivity index (χ1) is 4.20. The topological polar surface area (TPSA) is 23.5 Å². The van der Waals surface area contributed by atoms with Crippen LogP contribution in [0.15, 0.2) is 0 Å². The van der Waals surface area contributed by atoms with E-state index in [1.54, 1.807) is 6.92 Å². The van der Waals surface area contributed by atoms with Crippen molar-refractivity contribution in [3.8, 4) is 0 Å². The van der Waals surface area contributed by atoms with Crippen molar-refractivity contribution in [1.82, 2.24) is 4.67 Å². The van der Waals surface area contributed by atoms with Crippen LogP contribution in [0.1, 0.15) is 6.92 Å². The molecule has 0 saturated carbocycles. The molecule has 1 N–H and O–H groups in total. The molecule has 0 rings (SSSR count). The Balaban J connectivity index is 0. The SMILES string of the molecule is [CH2-]CN(CC(C)O)PP.[W+2]. The first-order valence-electron chi connectivity index (χ1n) is 2.89. The van der Waals surface area contributed by atoms with Gasteiger partial charge in [-0.15, -0.1) is 6.54 Å². The van der Waals surface area contributed by atoms with Crippen LogP contribution < -0.4 is 0 Å². The van der Waals surface area contributed by atoms with Crippen LogP contribution in [-0.2, 0) is 21.1 Å². The van der Waals surface area contributed by atoms with Crippen LogP contribution >= 0.6 is 17.3 Å². The minimum atomic E-state index is -0.236. The summed E-state index contributed by atoms with van der Waals surface area (Å²) in [6.07, 6.45) is -0.236. The Morgan fingerprint density at radius 3 is 2.40 bits per heavy atom. The Hall–Kier alpha value is 1.47. The minimum absolute atomic E-state index is 0. The number of aliphatic hydroxyl groups excluding tert-OH is 1. The molecule has 0 radical (unpaired) electrons. The van der Waals surface area contributed by atoms with Gasteiger partial charge in [0.05, 0.1) is 6.10 Å². The molecule has 0 fully saturated rings. The summed E-state index contributed by atoms with van der Waals surface area (Å²) in [6.45, 7) is 7.00. The Labute approximate surface area is 81.3 Å². The van der Waals surface area contributed by atoms with Gasteiger partial charge in [-0.25, -0.2) is 0 Å². The molecule has 0 aromatic heterocycles. The number of nitrogens with zero attached hydrogens (tertiary/aromatic N) is 1. The molecule has 3 unspecified atom stereocenters. The van der Waals surface area contributed by atoms with Gasteiger partial charge in [0, 0.05) is 6.54 Å². The smallest absolute Gasteiger partial charge is 0.392 e. The van der Waals surface area contributed by atoms with Crippen LogP contribution in [0.3, 0.4) is 0 Å². The van der Waals surface area contributed by atoms with Crippen LogP contribution in [0, 0.1) is 6.92 Å². The molecule has 0 spiro atoms. The molecular formula is C5H14NOP2W+. The third-order valence-corrected chi connectivity index (χ3v) is 2.80. The normalized spacial score (nSPS) is 14.1. The van der Waals surface area contributed by atoms with E-state index >= 15 is 0 Å². The second kappa shape index (κ2) is 8.56. The molecule has 0 aliphatic rings. The predicted molar refractivity (Wildman–Crippen MR) is 46.6 cm³/mol. The van der Waals surface area contributed by atoms with Crippen molar-refractivity contribution in [3.05, 3.63) is 6.92 Å². The Kier molecular flexibility index (Phi) is 12.0. The standard InChI is InChI=1S/C5H14NOP2.W/c1-3-6(9-8)4-5(2)7;/h5,7,9H,1,3-4,8H2,2H3;/q-1;+2. The third kappa shape index (κ3) is 7.57. The van der Waals surface area contributed by atoms with Gasteiger partial charge >= 0.3 is 21.1 Å². The van der Waals surface area contributed by atoms with Crippen LogP contribution in [0.25, 0.3) is 0 Å². The van der Waals surface area contributed by atoms with Gasteiger partial charge in [0.25, 0.3) is 0 Å². The maximum atomic E-state index is 8.91. The minimum Gasteiger partial charge on any atom is -0.392 e. The molecule has 0 aromatic rings. The summed E-state index contributed by atoms with van der Waals surface area (Å²) in [4.78, 5) is 0. The van der Waals surface area contributed by atoms with E-state index in [4.69, 9.17) is 5.11 Å². The molecule has 10 heavy (non-hydrogen) atoms. The molecule has 0 bridgehead atoms. The van der Waals surface area contributed by atoms with E-state index in [0.29, 0.717) is 8.42 Å². The van der Waals surface area contributed by atoms with E-state index in [0.717, 1.165) is 13.1 Å². The van der Waals surface area contributed by atoms with Gasteiger partial charge in [-0.2, -0.15) is 0 Å². The molecule has 0 aromatic carbocycles. The molecule has 2 nitrogen and oxygen atoms in total. The monoisotopic (exact) mass is 350 g/mol. The second-order valence-electron chi connectivity index (χ2n) is 1.92. The number of rotatable bonds is 4. The van der Waals surface area contributed by atoms with E-state index in [-0.39, 0.29) is 27.2 Å². The third-order valence-electron chi connectivity index (χ3n) is 0.937. The molecule has 0 saturated heterocycles. The molecular weight excluding hydrogens is 336 g/mol. The molecule has 0 aliphatic heterocycles. The summed E-state index contributed by atoms with van der Waals surface area (Å²) in [7, 11) is 3.30. The van der Waals surface area contributed by atoms with Crippen LogP contribution in [0.5, 0.6) is 0 Å². The summed E-state index contributed by atoms with van der Waals surface area (Å²) in [5.41, 5.74) is 0. The predicted octanol–water partition coefficient (Wildman–Crippen LogP) is 0.884. The fraction of sp³-hybridized carbons (Fsp3) is 0.800. The van der Waals surface area contributed by atoms with Crippen molar-refractivity contribution < 1.29 is 26.2 Å². The summed E-state index contributed by atoms with van der Waals surface area (Å²) < 4.78 is 2.08. The van der Waals surface area contributed by atoms with E-state index in [1.807, 2.05) is 0 Å². The molecule has 5 heteroatoms.